The van der Waals surface area contributed by atoms with E-state index >= 15 is 0 Å². The number of anilines is 2. The van der Waals surface area contributed by atoms with E-state index in [1.807, 2.05) is 6.07 Å². The number of esters is 1. The number of halogens is 1. The SMILES string of the molecule is COC(=O)C=Cc1ccc(NC(=O)Nc2ccccc2Br)c(O)c1. The molecule has 2 aromatic carbocycles. The molecule has 0 bridgehead atoms. The molecule has 0 unspecified atom stereocenters. The van der Waals surface area contributed by atoms with Crippen LogP contribution in [0.1, 0.15) is 5.56 Å². The average Bonchev–Trinajstić information content (AvgIpc) is 2.57. The molecule has 0 atom stereocenters. The monoisotopic (exact) mass is 390 g/mol. The fourth-order valence-corrected chi connectivity index (χ4v) is 2.21. The van der Waals surface area contributed by atoms with Crippen LogP contribution in [0.5, 0.6) is 5.75 Å². The van der Waals surface area contributed by atoms with Crippen LogP contribution in [-0.2, 0) is 9.53 Å². The zero-order valence-electron chi connectivity index (χ0n) is 12.7. The largest absolute Gasteiger partial charge is 0.506 e. The zero-order chi connectivity index (χ0) is 17.5. The maximum atomic E-state index is 12.0. The number of rotatable bonds is 4. The highest BCUT2D eigenvalue weighted by molar-refractivity contribution is 9.10. The minimum absolute atomic E-state index is 0.121. The fourth-order valence-electron chi connectivity index (χ4n) is 1.83. The molecule has 7 heteroatoms. The Hall–Kier alpha value is -2.80. The van der Waals surface area contributed by atoms with E-state index in [0.29, 0.717) is 11.3 Å². The minimum Gasteiger partial charge on any atom is -0.506 e. The number of para-hydroxylation sites is 1. The van der Waals surface area contributed by atoms with Gasteiger partial charge in [-0.05, 0) is 51.8 Å². The number of benzene rings is 2. The summed E-state index contributed by atoms with van der Waals surface area (Å²) in [6, 6.07) is 11.3. The van der Waals surface area contributed by atoms with Crippen molar-refractivity contribution in [2.45, 2.75) is 0 Å². The van der Waals surface area contributed by atoms with Crippen LogP contribution in [0.3, 0.4) is 0 Å². The van der Waals surface area contributed by atoms with Crippen LogP contribution >= 0.6 is 15.9 Å². The van der Waals surface area contributed by atoms with Crippen molar-refractivity contribution in [2.75, 3.05) is 17.7 Å². The van der Waals surface area contributed by atoms with Gasteiger partial charge in [-0.2, -0.15) is 0 Å². The smallest absolute Gasteiger partial charge is 0.330 e. The van der Waals surface area contributed by atoms with E-state index in [4.69, 9.17) is 0 Å². The topological polar surface area (TPSA) is 87.7 Å². The molecule has 2 aromatic rings. The summed E-state index contributed by atoms with van der Waals surface area (Å²) in [5, 5.41) is 15.2. The first-order valence-corrected chi connectivity index (χ1v) is 7.70. The van der Waals surface area contributed by atoms with Gasteiger partial charge in [-0.1, -0.05) is 18.2 Å². The molecule has 2 amide bonds. The number of nitrogens with one attached hydrogen (secondary N) is 2. The van der Waals surface area contributed by atoms with Gasteiger partial charge in [0.1, 0.15) is 5.75 Å². The van der Waals surface area contributed by atoms with Crippen molar-refractivity contribution in [3.05, 3.63) is 58.6 Å². The molecule has 0 aromatic heterocycles. The second-order valence-corrected chi connectivity index (χ2v) is 5.55. The van der Waals surface area contributed by atoms with Gasteiger partial charge in [0.15, 0.2) is 0 Å². The molecule has 0 heterocycles. The molecule has 124 valence electrons. The van der Waals surface area contributed by atoms with Crippen molar-refractivity contribution in [1.82, 2.24) is 0 Å². The molecule has 0 fully saturated rings. The third kappa shape index (κ3) is 4.85. The Morgan fingerprint density at radius 2 is 1.83 bits per heavy atom. The molecule has 0 saturated carbocycles. The average molecular weight is 391 g/mol. The Balaban J connectivity index is 2.05. The number of phenolic OH excluding ortho intramolecular Hbond substituents is 1. The molecular formula is C17H15BrN2O4. The summed E-state index contributed by atoms with van der Waals surface area (Å²) in [4.78, 5) is 23.0. The number of methoxy groups -OCH3 is 1. The van der Waals surface area contributed by atoms with Crippen LogP contribution in [0.2, 0.25) is 0 Å². The number of carbonyl (C=O) groups excluding carboxylic acids is 2. The summed E-state index contributed by atoms with van der Waals surface area (Å²) in [5.41, 5.74) is 1.44. The van der Waals surface area contributed by atoms with Gasteiger partial charge in [0, 0.05) is 10.5 Å². The molecule has 0 aliphatic rings. The van der Waals surface area contributed by atoms with E-state index in [0.717, 1.165) is 4.47 Å². The summed E-state index contributed by atoms with van der Waals surface area (Å²) < 4.78 is 5.23. The number of hydrogen-bond acceptors (Lipinski definition) is 4. The molecule has 0 radical (unpaired) electrons. The van der Waals surface area contributed by atoms with E-state index in [1.54, 1.807) is 24.3 Å². The van der Waals surface area contributed by atoms with E-state index in [9.17, 15) is 14.7 Å². The Morgan fingerprint density at radius 3 is 2.50 bits per heavy atom. The molecule has 24 heavy (non-hydrogen) atoms. The third-order valence-corrected chi connectivity index (χ3v) is 3.70. The van der Waals surface area contributed by atoms with Crippen molar-refractivity contribution >= 4 is 45.4 Å². The predicted octanol–water partition coefficient (Wildman–Crippen LogP) is 3.98. The number of ether oxygens (including phenoxy) is 1. The maximum Gasteiger partial charge on any atom is 0.330 e. The normalized spacial score (nSPS) is 10.4. The Morgan fingerprint density at radius 1 is 1.12 bits per heavy atom. The van der Waals surface area contributed by atoms with Crippen LogP contribution in [0.25, 0.3) is 6.08 Å². The summed E-state index contributed by atoms with van der Waals surface area (Å²) in [7, 11) is 1.28. The fraction of sp³-hybridized carbons (Fsp3) is 0.0588. The van der Waals surface area contributed by atoms with Crippen LogP contribution in [0.4, 0.5) is 16.2 Å². The summed E-state index contributed by atoms with van der Waals surface area (Å²) in [6.07, 6.45) is 2.73. The number of urea groups is 1. The summed E-state index contributed by atoms with van der Waals surface area (Å²) in [6.45, 7) is 0. The molecule has 3 N–H and O–H groups in total. The number of phenols is 1. The molecule has 2 rings (SSSR count). The predicted molar refractivity (Wildman–Crippen MR) is 95.9 cm³/mol. The maximum absolute atomic E-state index is 12.0. The van der Waals surface area contributed by atoms with Crippen LogP contribution < -0.4 is 10.6 Å². The first-order valence-electron chi connectivity index (χ1n) is 6.91. The lowest BCUT2D eigenvalue weighted by Crippen LogP contribution is -2.19. The van der Waals surface area contributed by atoms with Crippen LogP contribution in [0, 0.1) is 0 Å². The first-order chi connectivity index (χ1) is 11.5. The van der Waals surface area contributed by atoms with Gasteiger partial charge in [0.05, 0.1) is 18.5 Å². The van der Waals surface area contributed by atoms with Gasteiger partial charge >= 0.3 is 12.0 Å². The standard InChI is InChI=1S/C17H15BrN2O4/c1-24-16(22)9-7-11-6-8-14(15(21)10-11)20-17(23)19-13-5-3-2-4-12(13)18/h2-10,21H,1H3,(H2,19,20,23). The van der Waals surface area contributed by atoms with Crippen LogP contribution in [0.15, 0.2) is 53.0 Å². The lowest BCUT2D eigenvalue weighted by Gasteiger charge is -2.10. The molecule has 0 spiro atoms. The lowest BCUT2D eigenvalue weighted by atomic mass is 10.1. The van der Waals surface area contributed by atoms with Crippen molar-refractivity contribution < 1.29 is 19.4 Å². The van der Waals surface area contributed by atoms with Gasteiger partial charge in [-0.3, -0.25) is 0 Å². The molecule has 6 nitrogen and oxygen atoms in total. The molecule has 0 aliphatic heterocycles. The van der Waals surface area contributed by atoms with Crippen molar-refractivity contribution in [3.8, 4) is 5.75 Å². The van der Waals surface area contributed by atoms with Crippen LogP contribution in [-0.4, -0.2) is 24.2 Å². The minimum atomic E-state index is -0.496. The Labute approximate surface area is 147 Å². The highest BCUT2D eigenvalue weighted by atomic mass is 79.9. The Kier molecular flexibility index (Phi) is 5.97. The highest BCUT2D eigenvalue weighted by Crippen LogP contribution is 2.26. The van der Waals surface area contributed by atoms with Gasteiger partial charge in [0.25, 0.3) is 0 Å². The number of aromatic hydroxyl groups is 1. The van der Waals surface area contributed by atoms with E-state index in [1.165, 1.54) is 31.4 Å². The van der Waals surface area contributed by atoms with Crippen molar-refractivity contribution in [2.24, 2.45) is 0 Å². The molecular weight excluding hydrogens is 376 g/mol. The first kappa shape index (κ1) is 17.6. The van der Waals surface area contributed by atoms with Gasteiger partial charge in [-0.15, -0.1) is 0 Å². The number of hydrogen-bond donors (Lipinski definition) is 3. The lowest BCUT2D eigenvalue weighted by molar-refractivity contribution is -0.134. The molecule has 0 aliphatic carbocycles. The second-order valence-electron chi connectivity index (χ2n) is 4.69. The van der Waals surface area contributed by atoms with Gasteiger partial charge in [0.2, 0.25) is 0 Å². The third-order valence-electron chi connectivity index (χ3n) is 3.01. The Bertz CT molecular complexity index is 790. The summed E-state index contributed by atoms with van der Waals surface area (Å²) in [5.74, 6) is -0.617. The quantitative estimate of drug-likeness (QED) is 0.418. The van der Waals surface area contributed by atoms with Gasteiger partial charge in [-0.25, -0.2) is 9.59 Å². The number of amides is 2. The van der Waals surface area contributed by atoms with Crippen molar-refractivity contribution in [3.63, 3.8) is 0 Å². The summed E-state index contributed by atoms with van der Waals surface area (Å²) >= 11 is 3.33. The highest BCUT2D eigenvalue weighted by Gasteiger charge is 2.08. The van der Waals surface area contributed by atoms with Crippen molar-refractivity contribution in [1.29, 1.82) is 0 Å². The van der Waals surface area contributed by atoms with E-state index in [2.05, 4.69) is 31.3 Å². The zero-order valence-corrected chi connectivity index (χ0v) is 14.3. The van der Waals surface area contributed by atoms with E-state index < -0.39 is 12.0 Å². The number of carbonyl (C=O) groups is 2. The second kappa shape index (κ2) is 8.16. The van der Waals surface area contributed by atoms with E-state index in [-0.39, 0.29) is 11.4 Å². The van der Waals surface area contributed by atoms with Gasteiger partial charge < -0.3 is 20.5 Å². The molecule has 0 saturated heterocycles.